The number of fused-ring (bicyclic) bond motifs is 1. The van der Waals surface area contributed by atoms with Crippen LogP contribution in [-0.4, -0.2) is 65.3 Å². The molecule has 2 heterocycles. The fraction of sp³-hybridized carbons (Fsp3) is 0.462. The topological polar surface area (TPSA) is 43.9 Å². The number of rotatable bonds is 3. The van der Waals surface area contributed by atoms with E-state index in [0.29, 0.717) is 30.6 Å². The van der Waals surface area contributed by atoms with Gasteiger partial charge in [-0.1, -0.05) is 18.6 Å². The van der Waals surface area contributed by atoms with E-state index in [2.05, 4.69) is 4.90 Å². The van der Waals surface area contributed by atoms with Crippen molar-refractivity contribution in [3.63, 3.8) is 0 Å². The van der Waals surface area contributed by atoms with E-state index in [4.69, 9.17) is 0 Å². The predicted octanol–water partition coefficient (Wildman–Crippen LogP) is 3.64. The quantitative estimate of drug-likeness (QED) is 0.739. The summed E-state index contributed by atoms with van der Waals surface area (Å²) in [5.41, 5.74) is 3.84. The predicted molar refractivity (Wildman–Crippen MR) is 121 cm³/mol. The van der Waals surface area contributed by atoms with Gasteiger partial charge in [0.15, 0.2) is 0 Å². The van der Waals surface area contributed by atoms with Crippen molar-refractivity contribution in [2.75, 3.05) is 32.7 Å². The molecule has 2 aliphatic heterocycles. The highest BCUT2D eigenvalue weighted by molar-refractivity contribution is 5.95. The Bertz CT molecular complexity index is 1040. The van der Waals surface area contributed by atoms with Crippen LogP contribution < -0.4 is 0 Å². The molecule has 2 fully saturated rings. The van der Waals surface area contributed by atoms with E-state index in [0.717, 1.165) is 48.9 Å². The van der Waals surface area contributed by atoms with Gasteiger partial charge in [0, 0.05) is 56.4 Å². The molecule has 0 atom stereocenters. The molecule has 1 saturated heterocycles. The average Bonchev–Trinajstić information content (AvgIpc) is 2.78. The van der Waals surface area contributed by atoms with Crippen LogP contribution in [0.15, 0.2) is 36.4 Å². The van der Waals surface area contributed by atoms with Gasteiger partial charge in [-0.15, -0.1) is 0 Å². The second-order valence-electron chi connectivity index (χ2n) is 9.34. The third-order valence-electron chi connectivity index (χ3n) is 7.36. The maximum atomic E-state index is 13.9. The Morgan fingerprint density at radius 3 is 2.22 bits per heavy atom. The molecular weight excluding hydrogens is 405 g/mol. The first-order valence-electron chi connectivity index (χ1n) is 11.7. The maximum Gasteiger partial charge on any atom is 0.254 e. The van der Waals surface area contributed by atoms with Gasteiger partial charge < -0.3 is 9.80 Å². The molecule has 2 amide bonds. The lowest BCUT2D eigenvalue weighted by Gasteiger charge is -2.43. The van der Waals surface area contributed by atoms with Crippen LogP contribution in [0.3, 0.4) is 0 Å². The van der Waals surface area contributed by atoms with Crippen molar-refractivity contribution in [1.29, 1.82) is 0 Å². The van der Waals surface area contributed by atoms with Crippen molar-refractivity contribution in [3.05, 3.63) is 70.0 Å². The molecule has 5 nitrogen and oxygen atoms in total. The largest absolute Gasteiger partial charge is 0.336 e. The molecule has 5 rings (SSSR count). The second kappa shape index (κ2) is 8.66. The van der Waals surface area contributed by atoms with E-state index < -0.39 is 0 Å². The number of carbonyl (C=O) groups is 2. The summed E-state index contributed by atoms with van der Waals surface area (Å²) in [7, 11) is 0. The van der Waals surface area contributed by atoms with Crippen molar-refractivity contribution in [2.45, 2.75) is 45.2 Å². The number of hydrogen-bond donors (Lipinski definition) is 0. The molecule has 0 bridgehead atoms. The Morgan fingerprint density at radius 2 is 1.53 bits per heavy atom. The van der Waals surface area contributed by atoms with Crippen molar-refractivity contribution in [2.24, 2.45) is 0 Å². The molecule has 0 N–H and O–H groups in total. The zero-order valence-electron chi connectivity index (χ0n) is 18.6. The van der Waals surface area contributed by atoms with Gasteiger partial charge in [-0.05, 0) is 67.1 Å². The van der Waals surface area contributed by atoms with Crippen molar-refractivity contribution < 1.29 is 14.0 Å². The van der Waals surface area contributed by atoms with E-state index in [1.165, 1.54) is 25.3 Å². The van der Waals surface area contributed by atoms with Crippen LogP contribution >= 0.6 is 0 Å². The first-order chi connectivity index (χ1) is 15.5. The van der Waals surface area contributed by atoms with Crippen LogP contribution in [-0.2, 0) is 13.0 Å². The minimum absolute atomic E-state index is 0.106. The van der Waals surface area contributed by atoms with E-state index in [1.54, 1.807) is 24.0 Å². The van der Waals surface area contributed by atoms with Crippen molar-refractivity contribution in [3.8, 4) is 0 Å². The molecule has 2 aromatic rings. The first kappa shape index (κ1) is 21.1. The third kappa shape index (κ3) is 4.04. The monoisotopic (exact) mass is 435 g/mol. The summed E-state index contributed by atoms with van der Waals surface area (Å²) in [6.45, 7) is 6.27. The van der Waals surface area contributed by atoms with E-state index in [9.17, 15) is 14.0 Å². The molecule has 6 heteroatoms. The van der Waals surface area contributed by atoms with Gasteiger partial charge in [0.1, 0.15) is 5.82 Å². The molecule has 0 aromatic heterocycles. The van der Waals surface area contributed by atoms with Gasteiger partial charge >= 0.3 is 0 Å². The maximum absolute atomic E-state index is 13.9. The zero-order valence-corrected chi connectivity index (χ0v) is 18.6. The van der Waals surface area contributed by atoms with Gasteiger partial charge in [0.05, 0.1) is 0 Å². The zero-order chi connectivity index (χ0) is 22.2. The number of piperazine rings is 1. The average molecular weight is 436 g/mol. The molecule has 0 unspecified atom stereocenters. The SMILES string of the molecule is Cc1ccc(C(=O)N2CCc3cc(C(=O)N4CCN(C5CCC5)CC4)ccc3C2)cc1F. The fourth-order valence-electron chi connectivity index (χ4n) is 4.99. The molecule has 1 aliphatic carbocycles. The van der Waals surface area contributed by atoms with Crippen molar-refractivity contribution in [1.82, 2.24) is 14.7 Å². The molecule has 168 valence electrons. The molecule has 1 saturated carbocycles. The lowest BCUT2D eigenvalue weighted by molar-refractivity contribution is 0.0455. The number of hydrogen-bond acceptors (Lipinski definition) is 3. The molecular formula is C26H30FN3O2. The van der Waals surface area contributed by atoms with Gasteiger partial charge in [-0.3, -0.25) is 14.5 Å². The fourth-order valence-corrected chi connectivity index (χ4v) is 4.99. The summed E-state index contributed by atoms with van der Waals surface area (Å²) in [5.74, 6) is -0.404. The highest BCUT2D eigenvalue weighted by Gasteiger charge is 2.30. The Labute approximate surface area is 188 Å². The van der Waals surface area contributed by atoms with Gasteiger partial charge in [0.25, 0.3) is 11.8 Å². The number of carbonyl (C=O) groups excluding carboxylic acids is 2. The number of nitrogens with zero attached hydrogens (tertiary/aromatic N) is 3. The highest BCUT2D eigenvalue weighted by Crippen LogP contribution is 2.27. The van der Waals surface area contributed by atoms with Crippen LogP contribution in [0.4, 0.5) is 4.39 Å². The summed E-state index contributed by atoms with van der Waals surface area (Å²) in [6, 6.07) is 11.2. The van der Waals surface area contributed by atoms with Crippen LogP contribution in [0.25, 0.3) is 0 Å². The molecule has 0 spiro atoms. The van der Waals surface area contributed by atoms with Gasteiger partial charge in [-0.2, -0.15) is 0 Å². The number of halogens is 1. The summed E-state index contributed by atoms with van der Waals surface area (Å²) in [5, 5.41) is 0. The molecule has 0 radical (unpaired) electrons. The number of aryl methyl sites for hydroxylation is 1. The Kier molecular flexibility index (Phi) is 5.72. The third-order valence-corrected chi connectivity index (χ3v) is 7.36. The summed E-state index contributed by atoms with van der Waals surface area (Å²) >= 11 is 0. The Balaban J connectivity index is 1.23. The first-order valence-corrected chi connectivity index (χ1v) is 11.7. The van der Waals surface area contributed by atoms with E-state index in [-0.39, 0.29) is 17.6 Å². The smallest absolute Gasteiger partial charge is 0.254 e. The van der Waals surface area contributed by atoms with Crippen LogP contribution in [0.5, 0.6) is 0 Å². The lowest BCUT2D eigenvalue weighted by atomic mass is 9.91. The molecule has 2 aromatic carbocycles. The van der Waals surface area contributed by atoms with Crippen LogP contribution in [0.1, 0.15) is 56.7 Å². The Morgan fingerprint density at radius 1 is 0.844 bits per heavy atom. The van der Waals surface area contributed by atoms with E-state index in [1.807, 2.05) is 23.1 Å². The van der Waals surface area contributed by atoms with Crippen molar-refractivity contribution >= 4 is 11.8 Å². The standard InChI is InChI=1S/C26H30FN3O2/c1-18-5-6-21(16-24(18)27)26(32)30-10-9-19-15-20(7-8-22(19)17-30)25(31)29-13-11-28(12-14-29)23-3-2-4-23/h5-8,15-16,23H,2-4,9-14,17H2,1H3. The van der Waals surface area contributed by atoms with Crippen LogP contribution in [0, 0.1) is 12.7 Å². The Hall–Kier alpha value is -2.73. The minimum atomic E-state index is -0.357. The molecule has 3 aliphatic rings. The second-order valence-corrected chi connectivity index (χ2v) is 9.34. The minimum Gasteiger partial charge on any atom is -0.336 e. The highest BCUT2D eigenvalue weighted by atomic mass is 19.1. The molecule has 32 heavy (non-hydrogen) atoms. The number of benzene rings is 2. The summed E-state index contributed by atoms with van der Waals surface area (Å²) < 4.78 is 13.9. The number of amides is 2. The van der Waals surface area contributed by atoms with Gasteiger partial charge in [0.2, 0.25) is 0 Å². The summed E-state index contributed by atoms with van der Waals surface area (Å²) in [4.78, 5) is 32.2. The summed E-state index contributed by atoms with van der Waals surface area (Å²) in [6.07, 6.45) is 4.64. The van der Waals surface area contributed by atoms with Crippen LogP contribution in [0.2, 0.25) is 0 Å². The van der Waals surface area contributed by atoms with Gasteiger partial charge in [-0.25, -0.2) is 4.39 Å². The normalized spacial score (nSPS) is 19.4. The van der Waals surface area contributed by atoms with E-state index >= 15 is 0 Å². The lowest BCUT2D eigenvalue weighted by Crippen LogP contribution is -2.53.